The highest BCUT2D eigenvalue weighted by molar-refractivity contribution is 5.91. The van der Waals surface area contributed by atoms with Gasteiger partial charge in [-0.05, 0) is 44.7 Å². The summed E-state index contributed by atoms with van der Waals surface area (Å²) < 4.78 is 0. The topological polar surface area (TPSA) is 90.0 Å². The van der Waals surface area contributed by atoms with Crippen LogP contribution in [0.2, 0.25) is 0 Å². The van der Waals surface area contributed by atoms with E-state index >= 15 is 0 Å². The molecule has 0 radical (unpaired) electrons. The number of nitrogens with one attached hydrogen (secondary N) is 1. The van der Waals surface area contributed by atoms with E-state index in [1.165, 1.54) is 6.92 Å². The van der Waals surface area contributed by atoms with E-state index in [1.54, 1.807) is 18.0 Å². The second-order valence-electron chi connectivity index (χ2n) is 9.99. The average Bonchev–Trinajstić information content (AvgIpc) is 2.85. The molecule has 0 aromatic carbocycles. The molecule has 2 amide bonds. The third-order valence-electron chi connectivity index (χ3n) is 5.96. The van der Waals surface area contributed by atoms with Gasteiger partial charge in [0, 0.05) is 12.6 Å². The summed E-state index contributed by atoms with van der Waals surface area (Å²) in [5, 5.41) is 12.3. The lowest BCUT2D eigenvalue weighted by molar-refractivity contribution is -0.141. The summed E-state index contributed by atoms with van der Waals surface area (Å²) in [6.45, 7) is 12.1. The summed E-state index contributed by atoms with van der Waals surface area (Å²) in [6, 6.07) is -1.31. The highest BCUT2D eigenvalue weighted by Crippen LogP contribution is 2.25. The van der Waals surface area contributed by atoms with Crippen LogP contribution in [0.5, 0.6) is 0 Å². The second kappa shape index (κ2) is 10.9. The second-order valence-corrected chi connectivity index (χ2v) is 9.99. The number of hydrogen-bond donors (Lipinski definition) is 2. The summed E-state index contributed by atoms with van der Waals surface area (Å²) in [5.41, 5.74) is -0.290. The molecule has 1 aliphatic heterocycles. The molecule has 0 aromatic rings. The molecule has 0 spiro atoms. The Morgan fingerprint density at radius 1 is 1.17 bits per heavy atom. The van der Waals surface area contributed by atoms with Gasteiger partial charge in [-0.3, -0.25) is 14.5 Å². The molecule has 1 saturated heterocycles. The zero-order valence-corrected chi connectivity index (χ0v) is 20.0. The summed E-state index contributed by atoms with van der Waals surface area (Å²) >= 11 is 0. The molecule has 0 aliphatic carbocycles. The summed E-state index contributed by atoms with van der Waals surface area (Å²) in [6.07, 6.45) is 5.61. The van der Waals surface area contributed by atoms with Gasteiger partial charge in [0.2, 0.25) is 11.8 Å². The van der Waals surface area contributed by atoms with Gasteiger partial charge in [-0.25, -0.2) is 4.79 Å². The van der Waals surface area contributed by atoms with Crippen LogP contribution in [-0.4, -0.2) is 71.5 Å². The fourth-order valence-electron chi connectivity index (χ4n) is 3.90. The summed E-state index contributed by atoms with van der Waals surface area (Å²) in [7, 11) is 3.64. The summed E-state index contributed by atoms with van der Waals surface area (Å²) in [5.74, 6) is -1.30. The zero-order valence-electron chi connectivity index (χ0n) is 20.0. The first-order valence-corrected chi connectivity index (χ1v) is 11.0. The molecular weight excluding hydrogens is 382 g/mol. The van der Waals surface area contributed by atoms with Crippen molar-refractivity contribution >= 4 is 17.8 Å². The van der Waals surface area contributed by atoms with Gasteiger partial charge in [0.1, 0.15) is 6.04 Å². The molecule has 1 aliphatic rings. The van der Waals surface area contributed by atoms with Gasteiger partial charge in [0.15, 0.2) is 0 Å². The third kappa shape index (κ3) is 7.11. The average molecular weight is 424 g/mol. The Labute approximate surface area is 181 Å². The number of nitrogens with zero attached hydrogens (tertiary/aromatic N) is 2. The van der Waals surface area contributed by atoms with Gasteiger partial charge in [-0.2, -0.15) is 0 Å². The van der Waals surface area contributed by atoms with E-state index in [1.807, 2.05) is 41.7 Å². The van der Waals surface area contributed by atoms with Gasteiger partial charge in [-0.15, -0.1) is 0 Å². The highest BCUT2D eigenvalue weighted by atomic mass is 16.4. The monoisotopic (exact) mass is 423 g/mol. The van der Waals surface area contributed by atoms with Crippen LogP contribution in [0.1, 0.15) is 67.2 Å². The van der Waals surface area contributed by atoms with E-state index in [2.05, 4.69) is 10.2 Å². The molecule has 30 heavy (non-hydrogen) atoms. The lowest BCUT2D eigenvalue weighted by atomic mass is 9.84. The molecule has 7 nitrogen and oxygen atoms in total. The molecule has 2 N–H and O–H groups in total. The van der Waals surface area contributed by atoms with Gasteiger partial charge in [0.25, 0.3) is 0 Å². The van der Waals surface area contributed by atoms with E-state index in [0.29, 0.717) is 0 Å². The lowest BCUT2D eigenvalue weighted by Crippen LogP contribution is -2.59. The number of rotatable bonds is 7. The zero-order chi connectivity index (χ0) is 23.2. The normalized spacial score (nSPS) is 21.0. The molecule has 0 saturated carbocycles. The minimum Gasteiger partial charge on any atom is -0.478 e. The maximum Gasteiger partial charge on any atom is 0.331 e. The smallest absolute Gasteiger partial charge is 0.331 e. The Hall–Kier alpha value is -1.89. The standard InChI is InChI=1S/C23H41N3O4/c1-15(2)18(14-16(3)22(29)30)26(8)21(28)19(23(4,5)6)24-20(27)17-12-10-9-11-13-25(17)7/h14-15,17-19H,9-13H2,1-8H3,(H,24,27)(H,29,30)/b16-14+. The van der Waals surface area contributed by atoms with Gasteiger partial charge in [-0.1, -0.05) is 53.5 Å². The molecule has 1 fully saturated rings. The van der Waals surface area contributed by atoms with E-state index in [0.717, 1.165) is 32.2 Å². The first-order chi connectivity index (χ1) is 13.8. The first kappa shape index (κ1) is 26.1. The van der Waals surface area contributed by atoms with Crippen molar-refractivity contribution < 1.29 is 19.5 Å². The molecule has 0 aromatic heterocycles. The first-order valence-electron chi connectivity index (χ1n) is 11.0. The maximum atomic E-state index is 13.5. The van der Waals surface area contributed by atoms with Crippen LogP contribution >= 0.6 is 0 Å². The van der Waals surface area contributed by atoms with Crippen molar-refractivity contribution in [3.8, 4) is 0 Å². The number of carboxylic acids is 1. The Morgan fingerprint density at radius 3 is 2.27 bits per heavy atom. The van der Waals surface area contributed by atoms with Crippen LogP contribution in [0.3, 0.4) is 0 Å². The fraction of sp³-hybridized carbons (Fsp3) is 0.783. The molecule has 1 heterocycles. The Kier molecular flexibility index (Phi) is 9.53. The van der Waals surface area contributed by atoms with Crippen molar-refractivity contribution in [1.29, 1.82) is 0 Å². The number of carbonyl (C=O) groups excluding carboxylic acids is 2. The maximum absolute atomic E-state index is 13.5. The number of likely N-dealkylation sites (N-methyl/N-ethyl adjacent to an activating group) is 2. The Morgan fingerprint density at radius 2 is 1.77 bits per heavy atom. The molecular formula is C23H41N3O4. The number of amides is 2. The van der Waals surface area contributed by atoms with Crippen molar-refractivity contribution in [1.82, 2.24) is 15.1 Å². The molecule has 172 valence electrons. The van der Waals surface area contributed by atoms with E-state index in [-0.39, 0.29) is 35.4 Å². The van der Waals surface area contributed by atoms with Gasteiger partial charge < -0.3 is 15.3 Å². The van der Waals surface area contributed by atoms with Crippen molar-refractivity contribution in [2.75, 3.05) is 20.6 Å². The van der Waals surface area contributed by atoms with E-state index in [9.17, 15) is 19.5 Å². The Bertz CT molecular complexity index is 651. The molecule has 3 atom stereocenters. The van der Waals surface area contributed by atoms with Crippen molar-refractivity contribution in [3.05, 3.63) is 11.6 Å². The van der Waals surface area contributed by atoms with Crippen molar-refractivity contribution in [2.24, 2.45) is 11.3 Å². The molecule has 3 unspecified atom stereocenters. The van der Waals surface area contributed by atoms with Crippen molar-refractivity contribution in [3.63, 3.8) is 0 Å². The quantitative estimate of drug-likeness (QED) is 0.615. The lowest BCUT2D eigenvalue weighted by Gasteiger charge is -2.38. The number of hydrogen-bond acceptors (Lipinski definition) is 4. The van der Waals surface area contributed by atoms with E-state index < -0.39 is 17.4 Å². The van der Waals surface area contributed by atoms with Crippen LogP contribution < -0.4 is 5.32 Å². The van der Waals surface area contributed by atoms with Gasteiger partial charge in [0.05, 0.1) is 12.1 Å². The van der Waals surface area contributed by atoms with Crippen LogP contribution in [0.15, 0.2) is 11.6 Å². The minimum atomic E-state index is -1.00. The van der Waals surface area contributed by atoms with Crippen LogP contribution in [0.4, 0.5) is 0 Å². The van der Waals surface area contributed by atoms with E-state index in [4.69, 9.17) is 0 Å². The molecule has 0 bridgehead atoms. The van der Waals surface area contributed by atoms with Gasteiger partial charge >= 0.3 is 5.97 Å². The predicted octanol–water partition coefficient (Wildman–Crippen LogP) is 2.91. The summed E-state index contributed by atoms with van der Waals surface area (Å²) in [4.78, 5) is 41.5. The minimum absolute atomic E-state index is 0.0255. The predicted molar refractivity (Wildman–Crippen MR) is 119 cm³/mol. The highest BCUT2D eigenvalue weighted by Gasteiger charge is 2.38. The van der Waals surface area contributed by atoms with Crippen LogP contribution in [0.25, 0.3) is 0 Å². The van der Waals surface area contributed by atoms with Crippen LogP contribution in [-0.2, 0) is 14.4 Å². The number of carboxylic acid groups (broad SMARTS) is 1. The van der Waals surface area contributed by atoms with Crippen LogP contribution in [0, 0.1) is 11.3 Å². The number of likely N-dealkylation sites (tertiary alicyclic amines) is 1. The van der Waals surface area contributed by atoms with Crippen molar-refractivity contribution in [2.45, 2.75) is 85.4 Å². The third-order valence-corrected chi connectivity index (χ3v) is 5.96. The Balaban J connectivity index is 3.11. The molecule has 7 heteroatoms. The molecule has 1 rings (SSSR count). The number of carbonyl (C=O) groups is 3. The SMILES string of the molecule is C/C(=C\C(C(C)C)N(C)C(=O)C(NC(=O)C1CCCCCN1C)C(C)(C)C)C(=O)O. The largest absolute Gasteiger partial charge is 0.478 e. The number of aliphatic carboxylic acids is 1. The fourth-order valence-corrected chi connectivity index (χ4v) is 3.90.